The zero-order chi connectivity index (χ0) is 25.3. The lowest BCUT2D eigenvalue weighted by molar-refractivity contribution is 0.261. The highest BCUT2D eigenvalue weighted by Gasteiger charge is 2.11. The summed E-state index contributed by atoms with van der Waals surface area (Å²) in [4.78, 5) is 33.7. The van der Waals surface area contributed by atoms with Crippen molar-refractivity contribution in [3.8, 4) is 0 Å². The largest absolute Gasteiger partial charge is 0.373 e. The molecule has 36 heavy (non-hydrogen) atoms. The van der Waals surface area contributed by atoms with Crippen LogP contribution < -0.4 is 26.6 Å². The van der Waals surface area contributed by atoms with Gasteiger partial charge in [0.2, 0.25) is 0 Å². The summed E-state index contributed by atoms with van der Waals surface area (Å²) in [5.41, 5.74) is 5.43. The fourth-order valence-electron chi connectivity index (χ4n) is 3.91. The van der Waals surface area contributed by atoms with Gasteiger partial charge in [-0.1, -0.05) is 18.2 Å². The topological polar surface area (TPSA) is 119 Å². The molecule has 5 N–H and O–H groups in total. The van der Waals surface area contributed by atoms with Crippen LogP contribution in [0.3, 0.4) is 0 Å². The molecule has 1 heterocycles. The minimum Gasteiger partial charge on any atom is -0.373 e. The van der Waals surface area contributed by atoms with Crippen molar-refractivity contribution < 1.29 is 9.59 Å². The Morgan fingerprint density at radius 3 is 1.92 bits per heavy atom. The van der Waals surface area contributed by atoms with Gasteiger partial charge in [0.15, 0.2) is 0 Å². The Hall–Kier alpha value is -4.66. The van der Waals surface area contributed by atoms with E-state index in [0.717, 1.165) is 42.1 Å². The summed E-state index contributed by atoms with van der Waals surface area (Å²) >= 11 is 0. The molecule has 0 atom stereocenters. The molecule has 0 bridgehead atoms. The van der Waals surface area contributed by atoms with Gasteiger partial charge in [0.25, 0.3) is 0 Å². The molecule has 1 aliphatic heterocycles. The monoisotopic (exact) mass is 483 g/mol. The Labute approximate surface area is 210 Å². The van der Waals surface area contributed by atoms with E-state index in [2.05, 4.69) is 36.6 Å². The summed E-state index contributed by atoms with van der Waals surface area (Å²) in [7, 11) is 3.52. The summed E-state index contributed by atoms with van der Waals surface area (Å²) in [5, 5.41) is 14.2. The van der Waals surface area contributed by atoms with Gasteiger partial charge in [-0.25, -0.2) is 9.59 Å². The first-order valence-electron chi connectivity index (χ1n) is 11.7. The molecule has 3 aromatic carbocycles. The molecule has 0 aliphatic carbocycles. The second-order valence-corrected chi connectivity index (χ2v) is 8.15. The lowest BCUT2D eigenvalue weighted by Gasteiger charge is -2.12. The Bertz CT molecular complexity index is 1300. The van der Waals surface area contributed by atoms with Crippen molar-refractivity contribution >= 4 is 46.4 Å². The molecule has 0 spiro atoms. The quantitative estimate of drug-likeness (QED) is 0.246. The van der Waals surface area contributed by atoms with Crippen molar-refractivity contribution in [2.45, 2.75) is 12.8 Å². The standard InChI is InChI=1S/C27H29N7O2/c1-28-25(29-2)18-11-13-20(14-12-18)31-26(35)33-22-8-4-9-23(17-22)34-27(36)32-21-7-3-6-19(16-21)24-10-5-15-30-24/h3-4,6-9,11-14,16-17H,5,10,15H2,1-2H3,(H,28,29)(H2,31,33,35)(H2,32,34,36). The lowest BCUT2D eigenvalue weighted by Crippen LogP contribution is -2.21. The van der Waals surface area contributed by atoms with Gasteiger partial charge < -0.3 is 26.6 Å². The minimum absolute atomic E-state index is 0.376. The van der Waals surface area contributed by atoms with Crippen molar-refractivity contribution in [1.82, 2.24) is 5.32 Å². The number of amidine groups is 1. The summed E-state index contributed by atoms with van der Waals surface area (Å²) in [6.45, 7) is 0.855. The number of carbonyl (C=O) groups excluding carboxylic acids is 2. The van der Waals surface area contributed by atoms with Gasteiger partial charge in [0, 0.05) is 54.7 Å². The van der Waals surface area contributed by atoms with Crippen molar-refractivity contribution in [2.75, 3.05) is 41.9 Å². The smallest absolute Gasteiger partial charge is 0.323 e. The van der Waals surface area contributed by atoms with Crippen LogP contribution in [0, 0.1) is 0 Å². The molecular weight excluding hydrogens is 454 g/mol. The molecule has 3 aromatic rings. The van der Waals surface area contributed by atoms with Crippen LogP contribution in [0.15, 0.2) is 82.8 Å². The van der Waals surface area contributed by atoms with E-state index in [1.807, 2.05) is 36.4 Å². The molecule has 9 nitrogen and oxygen atoms in total. The zero-order valence-corrected chi connectivity index (χ0v) is 20.3. The second-order valence-electron chi connectivity index (χ2n) is 8.15. The van der Waals surface area contributed by atoms with Crippen molar-refractivity contribution in [3.05, 3.63) is 83.9 Å². The van der Waals surface area contributed by atoms with E-state index in [-0.39, 0.29) is 6.03 Å². The molecule has 0 fully saturated rings. The number of carbonyl (C=O) groups is 2. The Balaban J connectivity index is 1.32. The number of urea groups is 2. The van der Waals surface area contributed by atoms with Gasteiger partial charge in [0.1, 0.15) is 5.84 Å². The van der Waals surface area contributed by atoms with Crippen LogP contribution >= 0.6 is 0 Å². The lowest BCUT2D eigenvalue weighted by atomic mass is 10.1. The molecule has 0 radical (unpaired) electrons. The number of hydrogen-bond acceptors (Lipinski definition) is 4. The highest BCUT2D eigenvalue weighted by Crippen LogP contribution is 2.19. The van der Waals surface area contributed by atoms with E-state index in [4.69, 9.17) is 0 Å². The molecule has 0 unspecified atom stereocenters. The molecule has 4 amide bonds. The van der Waals surface area contributed by atoms with E-state index in [1.165, 1.54) is 0 Å². The van der Waals surface area contributed by atoms with Crippen molar-refractivity contribution in [2.24, 2.45) is 9.98 Å². The normalized spacial score (nSPS) is 12.9. The second kappa shape index (κ2) is 11.7. The van der Waals surface area contributed by atoms with Gasteiger partial charge in [-0.15, -0.1) is 0 Å². The number of amides is 4. The summed E-state index contributed by atoms with van der Waals surface area (Å²) in [6, 6.07) is 21.2. The summed E-state index contributed by atoms with van der Waals surface area (Å²) in [6.07, 6.45) is 2.02. The van der Waals surface area contributed by atoms with Crippen molar-refractivity contribution in [3.63, 3.8) is 0 Å². The number of nitrogens with zero attached hydrogens (tertiary/aromatic N) is 2. The van der Waals surface area contributed by atoms with E-state index in [0.29, 0.717) is 22.7 Å². The first-order valence-corrected chi connectivity index (χ1v) is 11.7. The van der Waals surface area contributed by atoms with Gasteiger partial charge in [-0.05, 0) is 73.0 Å². The maximum absolute atomic E-state index is 12.5. The first-order chi connectivity index (χ1) is 17.5. The van der Waals surface area contributed by atoms with E-state index < -0.39 is 6.03 Å². The minimum atomic E-state index is -0.394. The van der Waals surface area contributed by atoms with Crippen LogP contribution in [0.25, 0.3) is 0 Å². The summed E-state index contributed by atoms with van der Waals surface area (Å²) < 4.78 is 0. The summed E-state index contributed by atoms with van der Waals surface area (Å²) in [5.74, 6) is 0.760. The molecule has 4 rings (SSSR count). The van der Waals surface area contributed by atoms with E-state index >= 15 is 0 Å². The average molecular weight is 484 g/mol. The van der Waals surface area contributed by atoms with Gasteiger partial charge >= 0.3 is 12.1 Å². The molecule has 0 saturated carbocycles. The van der Waals surface area contributed by atoms with Gasteiger partial charge in [-0.2, -0.15) is 0 Å². The molecule has 1 aliphatic rings. The van der Waals surface area contributed by atoms with Crippen LogP contribution in [0.5, 0.6) is 0 Å². The van der Waals surface area contributed by atoms with Crippen LogP contribution in [0.2, 0.25) is 0 Å². The number of hydrogen-bond donors (Lipinski definition) is 5. The highest BCUT2D eigenvalue weighted by atomic mass is 16.2. The number of nitrogens with one attached hydrogen (secondary N) is 5. The molecular formula is C27H29N7O2. The Morgan fingerprint density at radius 2 is 1.36 bits per heavy atom. The third kappa shape index (κ3) is 6.47. The zero-order valence-electron chi connectivity index (χ0n) is 20.3. The molecule has 184 valence electrons. The third-order valence-electron chi connectivity index (χ3n) is 5.58. The predicted molar refractivity (Wildman–Crippen MR) is 147 cm³/mol. The SMILES string of the molecule is CN=C(NC)c1ccc(NC(=O)Nc2cccc(NC(=O)Nc3cccc(C4=NCCC4)c3)c2)cc1. The maximum atomic E-state index is 12.5. The fourth-order valence-corrected chi connectivity index (χ4v) is 3.91. The van der Waals surface area contributed by atoms with Gasteiger partial charge in [-0.3, -0.25) is 9.98 Å². The van der Waals surface area contributed by atoms with E-state index in [1.54, 1.807) is 50.5 Å². The fraction of sp³-hybridized carbons (Fsp3) is 0.185. The number of aliphatic imine (C=N–C) groups is 2. The van der Waals surface area contributed by atoms with Crippen LogP contribution in [-0.4, -0.2) is 44.2 Å². The molecule has 0 aromatic heterocycles. The van der Waals surface area contributed by atoms with Crippen LogP contribution in [0.1, 0.15) is 24.0 Å². The van der Waals surface area contributed by atoms with Crippen LogP contribution in [-0.2, 0) is 0 Å². The molecule has 0 saturated heterocycles. The number of benzene rings is 3. The Morgan fingerprint density at radius 1 is 0.778 bits per heavy atom. The van der Waals surface area contributed by atoms with Crippen molar-refractivity contribution in [1.29, 1.82) is 0 Å². The van der Waals surface area contributed by atoms with Crippen LogP contribution in [0.4, 0.5) is 32.3 Å². The maximum Gasteiger partial charge on any atom is 0.323 e. The molecule has 9 heteroatoms. The Kier molecular flexibility index (Phi) is 7.92. The van der Waals surface area contributed by atoms with Gasteiger partial charge in [0.05, 0.1) is 0 Å². The predicted octanol–water partition coefficient (Wildman–Crippen LogP) is 5.15. The third-order valence-corrected chi connectivity index (χ3v) is 5.58. The van der Waals surface area contributed by atoms with E-state index in [9.17, 15) is 9.59 Å². The number of anilines is 4. The highest BCUT2D eigenvalue weighted by molar-refractivity contribution is 6.05. The first kappa shape index (κ1) is 24.5. The average Bonchev–Trinajstić information content (AvgIpc) is 3.41. The number of rotatable bonds is 6.